The van der Waals surface area contributed by atoms with Gasteiger partial charge in [0.15, 0.2) is 0 Å². The average molecular weight is 412 g/mol. The van der Waals surface area contributed by atoms with Gasteiger partial charge in [-0.1, -0.05) is 24.3 Å². The summed E-state index contributed by atoms with van der Waals surface area (Å²) in [4.78, 5) is 14.9. The molecule has 2 aromatic rings. The van der Waals surface area contributed by atoms with Gasteiger partial charge in [0.1, 0.15) is 0 Å². The lowest BCUT2D eigenvalue weighted by Gasteiger charge is -2.35. The summed E-state index contributed by atoms with van der Waals surface area (Å²) >= 11 is 0. The van der Waals surface area contributed by atoms with Gasteiger partial charge in [0, 0.05) is 36.6 Å². The molecule has 1 aliphatic heterocycles. The van der Waals surface area contributed by atoms with Crippen LogP contribution in [0.2, 0.25) is 0 Å². The van der Waals surface area contributed by atoms with Crippen molar-refractivity contribution in [2.24, 2.45) is 0 Å². The molecule has 3 rings (SSSR count). The largest absolute Gasteiger partial charge is 0.399 e. The number of ether oxygens (including phenoxy) is 1. The molecule has 0 aromatic heterocycles. The number of morpholine rings is 1. The van der Waals surface area contributed by atoms with E-state index < -0.39 is 0 Å². The standard InChI is InChI=1S/C20H25N3O2.2ClH/c1-14-11-23(12-15(2)25-14)13-17-6-3-4-9-19(17)22-20(24)16-7-5-8-18(21)10-16;;/h3-10,14-15H,11-13,21H2,1-2H3,(H,22,24);2*1H. The summed E-state index contributed by atoms with van der Waals surface area (Å²) in [5, 5.41) is 3.01. The Morgan fingerprint density at radius 2 is 1.78 bits per heavy atom. The molecule has 5 nitrogen and oxygen atoms in total. The summed E-state index contributed by atoms with van der Waals surface area (Å²) in [6.07, 6.45) is 0.440. The summed E-state index contributed by atoms with van der Waals surface area (Å²) < 4.78 is 5.79. The van der Waals surface area contributed by atoms with Crippen molar-refractivity contribution >= 4 is 42.1 Å². The van der Waals surface area contributed by atoms with E-state index in [0.717, 1.165) is 30.9 Å². The van der Waals surface area contributed by atoms with E-state index >= 15 is 0 Å². The number of carbonyl (C=O) groups excluding carboxylic acids is 1. The lowest BCUT2D eigenvalue weighted by atomic mass is 10.1. The summed E-state index contributed by atoms with van der Waals surface area (Å²) in [5.74, 6) is -0.150. The second-order valence-corrected chi connectivity index (χ2v) is 6.69. The number of nitrogens with two attached hydrogens (primary N) is 1. The first-order valence-electron chi connectivity index (χ1n) is 8.64. The molecule has 1 aliphatic rings. The van der Waals surface area contributed by atoms with Crippen LogP contribution in [0.5, 0.6) is 0 Å². The van der Waals surface area contributed by atoms with Crippen molar-refractivity contribution in [1.29, 1.82) is 0 Å². The van der Waals surface area contributed by atoms with Crippen molar-refractivity contribution in [2.75, 3.05) is 24.1 Å². The molecular weight excluding hydrogens is 385 g/mol. The van der Waals surface area contributed by atoms with Crippen LogP contribution in [0.1, 0.15) is 29.8 Å². The lowest BCUT2D eigenvalue weighted by Crippen LogP contribution is -2.44. The molecule has 7 heteroatoms. The SMILES string of the molecule is CC1CN(Cc2ccccc2NC(=O)c2cccc(N)c2)CC(C)O1.Cl.Cl. The summed E-state index contributed by atoms with van der Waals surface area (Å²) in [5.41, 5.74) is 8.84. The molecule has 1 fully saturated rings. The van der Waals surface area contributed by atoms with Gasteiger partial charge in [-0.25, -0.2) is 0 Å². The van der Waals surface area contributed by atoms with E-state index in [-0.39, 0.29) is 42.9 Å². The molecule has 0 bridgehead atoms. The summed E-state index contributed by atoms with van der Waals surface area (Å²) in [6, 6.07) is 14.9. The van der Waals surface area contributed by atoms with Crippen LogP contribution < -0.4 is 11.1 Å². The number of rotatable bonds is 4. The van der Waals surface area contributed by atoms with Crippen LogP contribution in [0.15, 0.2) is 48.5 Å². The number of benzene rings is 2. The van der Waals surface area contributed by atoms with Gasteiger partial charge in [-0.05, 0) is 43.7 Å². The van der Waals surface area contributed by atoms with Crippen LogP contribution in [0.4, 0.5) is 11.4 Å². The van der Waals surface area contributed by atoms with Crippen LogP contribution in [-0.4, -0.2) is 36.1 Å². The highest BCUT2D eigenvalue weighted by Gasteiger charge is 2.22. The van der Waals surface area contributed by atoms with Gasteiger partial charge in [0.2, 0.25) is 0 Å². The molecule has 1 saturated heterocycles. The Morgan fingerprint density at radius 3 is 2.44 bits per heavy atom. The fraction of sp³-hybridized carbons (Fsp3) is 0.350. The molecular formula is C20H27Cl2N3O2. The maximum absolute atomic E-state index is 12.5. The smallest absolute Gasteiger partial charge is 0.255 e. The molecule has 27 heavy (non-hydrogen) atoms. The van der Waals surface area contributed by atoms with Crippen molar-refractivity contribution in [1.82, 2.24) is 4.90 Å². The van der Waals surface area contributed by atoms with Crippen molar-refractivity contribution in [2.45, 2.75) is 32.6 Å². The van der Waals surface area contributed by atoms with Gasteiger partial charge in [0.25, 0.3) is 5.91 Å². The highest BCUT2D eigenvalue weighted by Crippen LogP contribution is 2.21. The molecule has 148 valence electrons. The highest BCUT2D eigenvalue weighted by atomic mass is 35.5. The Hall–Kier alpha value is -1.79. The number of hydrogen-bond donors (Lipinski definition) is 2. The minimum absolute atomic E-state index is 0. The number of nitrogens with zero attached hydrogens (tertiary/aromatic N) is 1. The zero-order valence-corrected chi connectivity index (χ0v) is 17.2. The normalized spacial score (nSPS) is 19.5. The van der Waals surface area contributed by atoms with Crippen LogP contribution in [-0.2, 0) is 11.3 Å². The first kappa shape index (κ1) is 23.2. The molecule has 0 spiro atoms. The Bertz CT molecular complexity index is 748. The number of anilines is 2. The van der Waals surface area contributed by atoms with Gasteiger partial charge in [0.05, 0.1) is 12.2 Å². The van der Waals surface area contributed by atoms with E-state index in [1.165, 1.54) is 0 Å². The van der Waals surface area contributed by atoms with Gasteiger partial charge >= 0.3 is 0 Å². The summed E-state index contributed by atoms with van der Waals surface area (Å²) in [7, 11) is 0. The Labute approximate surface area is 173 Å². The first-order valence-corrected chi connectivity index (χ1v) is 8.64. The van der Waals surface area contributed by atoms with Gasteiger partial charge < -0.3 is 15.8 Å². The highest BCUT2D eigenvalue weighted by molar-refractivity contribution is 6.05. The zero-order valence-electron chi connectivity index (χ0n) is 15.6. The molecule has 0 radical (unpaired) electrons. The van der Waals surface area contributed by atoms with E-state index in [9.17, 15) is 4.79 Å². The zero-order chi connectivity index (χ0) is 17.8. The molecule has 1 amide bonds. The predicted octanol–water partition coefficient (Wildman–Crippen LogP) is 3.97. The molecule has 2 aromatic carbocycles. The minimum atomic E-state index is -0.150. The Kier molecular flexibility index (Phi) is 9.06. The van der Waals surface area contributed by atoms with Crippen LogP contribution in [0, 0.1) is 0 Å². The van der Waals surface area contributed by atoms with Gasteiger partial charge in [-0.3, -0.25) is 9.69 Å². The first-order chi connectivity index (χ1) is 12.0. The van der Waals surface area contributed by atoms with E-state index in [4.69, 9.17) is 10.5 Å². The fourth-order valence-corrected chi connectivity index (χ4v) is 3.31. The molecule has 0 aliphatic carbocycles. The third kappa shape index (κ3) is 6.40. The molecule has 3 N–H and O–H groups in total. The number of halogens is 2. The third-order valence-corrected chi connectivity index (χ3v) is 4.30. The number of carbonyl (C=O) groups is 1. The third-order valence-electron chi connectivity index (χ3n) is 4.30. The molecule has 1 heterocycles. The van der Waals surface area contributed by atoms with Crippen LogP contribution in [0.3, 0.4) is 0 Å². The summed E-state index contributed by atoms with van der Waals surface area (Å²) in [6.45, 7) is 6.75. The second-order valence-electron chi connectivity index (χ2n) is 6.69. The number of amides is 1. The van der Waals surface area contributed by atoms with E-state index in [2.05, 4.69) is 30.1 Å². The number of para-hydroxylation sites is 1. The van der Waals surface area contributed by atoms with Crippen LogP contribution >= 0.6 is 24.8 Å². The lowest BCUT2D eigenvalue weighted by molar-refractivity contribution is -0.0704. The monoisotopic (exact) mass is 411 g/mol. The second kappa shape index (κ2) is 10.5. The van der Waals surface area contributed by atoms with E-state index in [0.29, 0.717) is 11.3 Å². The quantitative estimate of drug-likeness (QED) is 0.746. The van der Waals surface area contributed by atoms with Crippen molar-refractivity contribution < 1.29 is 9.53 Å². The molecule has 0 saturated carbocycles. The maximum atomic E-state index is 12.5. The Morgan fingerprint density at radius 1 is 1.11 bits per heavy atom. The number of nitrogen functional groups attached to an aromatic ring is 1. The van der Waals surface area contributed by atoms with Crippen molar-refractivity contribution in [3.05, 3.63) is 59.7 Å². The number of hydrogen-bond acceptors (Lipinski definition) is 4. The fourth-order valence-electron chi connectivity index (χ4n) is 3.31. The maximum Gasteiger partial charge on any atom is 0.255 e. The minimum Gasteiger partial charge on any atom is -0.399 e. The predicted molar refractivity (Wildman–Crippen MR) is 115 cm³/mol. The number of nitrogens with one attached hydrogen (secondary N) is 1. The van der Waals surface area contributed by atoms with Crippen LogP contribution in [0.25, 0.3) is 0 Å². The average Bonchev–Trinajstić information content (AvgIpc) is 2.55. The van der Waals surface area contributed by atoms with Crippen molar-refractivity contribution in [3.63, 3.8) is 0 Å². The van der Waals surface area contributed by atoms with Gasteiger partial charge in [-0.2, -0.15) is 0 Å². The Balaban J connectivity index is 0.00000182. The van der Waals surface area contributed by atoms with E-state index in [1.807, 2.05) is 18.2 Å². The van der Waals surface area contributed by atoms with E-state index in [1.54, 1.807) is 24.3 Å². The van der Waals surface area contributed by atoms with Crippen molar-refractivity contribution in [3.8, 4) is 0 Å². The molecule has 2 unspecified atom stereocenters. The molecule has 2 atom stereocenters. The van der Waals surface area contributed by atoms with Gasteiger partial charge in [-0.15, -0.1) is 24.8 Å². The topological polar surface area (TPSA) is 67.6 Å².